The smallest absolute Gasteiger partial charge is 0.224 e. The van der Waals surface area contributed by atoms with Gasteiger partial charge in [0.1, 0.15) is 5.82 Å². The van der Waals surface area contributed by atoms with Crippen LogP contribution >= 0.6 is 0 Å². The highest BCUT2D eigenvalue weighted by Gasteiger charge is 2.14. The second-order valence-electron chi connectivity index (χ2n) is 5.55. The Bertz CT molecular complexity index is 577. The van der Waals surface area contributed by atoms with Crippen molar-refractivity contribution in [3.63, 3.8) is 0 Å². The molecule has 0 bridgehead atoms. The van der Waals surface area contributed by atoms with Crippen LogP contribution in [0.5, 0.6) is 0 Å². The van der Waals surface area contributed by atoms with Crippen molar-refractivity contribution in [2.75, 3.05) is 29.9 Å². The lowest BCUT2D eigenvalue weighted by Gasteiger charge is -2.17. The van der Waals surface area contributed by atoms with Crippen molar-refractivity contribution < 1.29 is 0 Å². The Hall–Kier alpha value is -2.10. The Morgan fingerprint density at radius 1 is 1.10 bits per heavy atom. The van der Waals surface area contributed by atoms with E-state index >= 15 is 0 Å². The summed E-state index contributed by atoms with van der Waals surface area (Å²) >= 11 is 0. The van der Waals surface area contributed by atoms with Crippen molar-refractivity contribution in [1.82, 2.24) is 9.97 Å². The van der Waals surface area contributed by atoms with Crippen molar-refractivity contribution in [3.8, 4) is 0 Å². The molecule has 0 saturated carbocycles. The molecule has 1 aromatic heterocycles. The van der Waals surface area contributed by atoms with Gasteiger partial charge < -0.3 is 10.2 Å². The van der Waals surface area contributed by atoms with Gasteiger partial charge in [-0.3, -0.25) is 0 Å². The summed E-state index contributed by atoms with van der Waals surface area (Å²) in [4.78, 5) is 11.5. The third kappa shape index (κ3) is 3.72. The fourth-order valence-electron chi connectivity index (χ4n) is 2.70. The molecule has 1 fully saturated rings. The molecule has 0 amide bonds. The molecule has 0 atom stereocenters. The van der Waals surface area contributed by atoms with Crippen molar-refractivity contribution >= 4 is 11.8 Å². The van der Waals surface area contributed by atoms with Crippen molar-refractivity contribution in [2.45, 2.75) is 26.2 Å². The maximum atomic E-state index is 4.65. The molecule has 1 aliphatic heterocycles. The second kappa shape index (κ2) is 6.57. The van der Waals surface area contributed by atoms with Gasteiger partial charge in [-0.25, -0.2) is 4.98 Å². The van der Waals surface area contributed by atoms with Crippen LogP contribution in [0.3, 0.4) is 0 Å². The third-order valence-electron chi connectivity index (χ3n) is 3.81. The number of aromatic nitrogens is 2. The third-order valence-corrected chi connectivity index (χ3v) is 3.81. The lowest BCUT2D eigenvalue weighted by Crippen LogP contribution is -2.20. The number of aryl methyl sites for hydroxylation is 1. The van der Waals surface area contributed by atoms with Gasteiger partial charge in [0.2, 0.25) is 5.95 Å². The number of hydrogen-bond donors (Lipinski definition) is 1. The minimum Gasteiger partial charge on any atom is -0.356 e. The maximum Gasteiger partial charge on any atom is 0.224 e. The van der Waals surface area contributed by atoms with Crippen LogP contribution in [-0.2, 0) is 6.42 Å². The van der Waals surface area contributed by atoms with Crippen LogP contribution in [0.1, 0.15) is 24.1 Å². The Kier molecular flexibility index (Phi) is 4.34. The van der Waals surface area contributed by atoms with E-state index in [1.807, 2.05) is 13.0 Å². The first-order valence-electron chi connectivity index (χ1n) is 7.70. The summed E-state index contributed by atoms with van der Waals surface area (Å²) in [6.45, 7) is 5.11. The average Bonchev–Trinajstić information content (AvgIpc) is 3.02. The second-order valence-corrected chi connectivity index (χ2v) is 5.55. The quantitative estimate of drug-likeness (QED) is 0.915. The monoisotopic (exact) mass is 282 g/mol. The molecule has 2 heterocycles. The molecule has 21 heavy (non-hydrogen) atoms. The van der Waals surface area contributed by atoms with Crippen LogP contribution < -0.4 is 10.2 Å². The molecule has 0 spiro atoms. The predicted molar refractivity (Wildman–Crippen MR) is 86.9 cm³/mol. The molecule has 4 heteroatoms. The summed E-state index contributed by atoms with van der Waals surface area (Å²) in [6, 6.07) is 12.6. The maximum absolute atomic E-state index is 4.65. The molecule has 0 radical (unpaired) electrons. The SMILES string of the molecule is Cc1cc(N2CCCC2)nc(NCCc2ccccc2)n1. The number of nitrogens with one attached hydrogen (secondary N) is 1. The minimum atomic E-state index is 0.743. The number of rotatable bonds is 5. The molecule has 110 valence electrons. The van der Waals surface area contributed by atoms with E-state index in [4.69, 9.17) is 0 Å². The van der Waals surface area contributed by atoms with Crippen LogP contribution in [0.4, 0.5) is 11.8 Å². The molecule has 4 nitrogen and oxygen atoms in total. The Labute approximate surface area is 126 Å². The molecule has 1 N–H and O–H groups in total. The van der Waals surface area contributed by atoms with E-state index < -0.39 is 0 Å². The summed E-state index contributed by atoms with van der Waals surface area (Å²) in [5.74, 6) is 1.80. The van der Waals surface area contributed by atoms with Crippen molar-refractivity contribution in [1.29, 1.82) is 0 Å². The highest BCUT2D eigenvalue weighted by molar-refractivity contribution is 5.45. The van der Waals surface area contributed by atoms with Crippen LogP contribution in [0.25, 0.3) is 0 Å². The zero-order valence-electron chi connectivity index (χ0n) is 12.5. The van der Waals surface area contributed by atoms with Crippen molar-refractivity contribution in [2.24, 2.45) is 0 Å². The number of benzene rings is 1. The largest absolute Gasteiger partial charge is 0.356 e. The van der Waals surface area contributed by atoms with Gasteiger partial charge >= 0.3 is 0 Å². The summed E-state index contributed by atoms with van der Waals surface area (Å²) in [6.07, 6.45) is 3.51. The minimum absolute atomic E-state index is 0.743. The molecule has 1 aromatic carbocycles. The molecule has 3 rings (SSSR count). The average molecular weight is 282 g/mol. The number of nitrogens with zero attached hydrogens (tertiary/aromatic N) is 3. The van der Waals surface area contributed by atoms with Gasteiger partial charge in [0.15, 0.2) is 0 Å². The van der Waals surface area contributed by atoms with E-state index in [0.717, 1.165) is 43.5 Å². The number of hydrogen-bond acceptors (Lipinski definition) is 4. The lowest BCUT2D eigenvalue weighted by molar-refractivity contribution is 0.910. The first kappa shape index (κ1) is 13.9. The van der Waals surface area contributed by atoms with Crippen LogP contribution in [0, 0.1) is 6.92 Å². The molecule has 1 saturated heterocycles. The molecular formula is C17H22N4. The van der Waals surface area contributed by atoms with Crippen molar-refractivity contribution in [3.05, 3.63) is 47.7 Å². The summed E-state index contributed by atoms with van der Waals surface area (Å²) < 4.78 is 0. The van der Waals surface area contributed by atoms with Crippen LogP contribution in [0.15, 0.2) is 36.4 Å². The van der Waals surface area contributed by atoms with Crippen LogP contribution in [0.2, 0.25) is 0 Å². The zero-order valence-corrected chi connectivity index (χ0v) is 12.5. The Morgan fingerprint density at radius 2 is 1.86 bits per heavy atom. The molecular weight excluding hydrogens is 260 g/mol. The van der Waals surface area contributed by atoms with Gasteiger partial charge in [-0.2, -0.15) is 4.98 Å². The fraction of sp³-hybridized carbons (Fsp3) is 0.412. The van der Waals surface area contributed by atoms with Gasteiger partial charge in [0.05, 0.1) is 0 Å². The van der Waals surface area contributed by atoms with E-state index in [1.54, 1.807) is 0 Å². The molecule has 1 aliphatic rings. The topological polar surface area (TPSA) is 41.1 Å². The van der Waals surface area contributed by atoms with Gasteiger partial charge in [0, 0.05) is 31.4 Å². The highest BCUT2D eigenvalue weighted by Crippen LogP contribution is 2.19. The predicted octanol–water partition coefficient (Wildman–Crippen LogP) is 3.04. The molecule has 2 aromatic rings. The normalized spacial score (nSPS) is 14.4. The summed E-state index contributed by atoms with van der Waals surface area (Å²) in [7, 11) is 0. The lowest BCUT2D eigenvalue weighted by atomic mass is 10.1. The van der Waals surface area contributed by atoms with Gasteiger partial charge in [-0.1, -0.05) is 30.3 Å². The van der Waals surface area contributed by atoms with E-state index in [9.17, 15) is 0 Å². The summed E-state index contributed by atoms with van der Waals surface area (Å²) in [5, 5.41) is 3.35. The van der Waals surface area contributed by atoms with Crippen LogP contribution in [-0.4, -0.2) is 29.6 Å². The highest BCUT2D eigenvalue weighted by atomic mass is 15.2. The number of anilines is 2. The Balaban J connectivity index is 1.62. The van der Waals surface area contributed by atoms with E-state index in [2.05, 4.69) is 50.5 Å². The molecule has 0 unspecified atom stereocenters. The standard InChI is InChI=1S/C17H22N4/c1-14-13-16(21-11-5-6-12-21)20-17(19-14)18-10-9-15-7-3-2-4-8-15/h2-4,7-8,13H,5-6,9-12H2,1H3,(H,18,19,20). The zero-order chi connectivity index (χ0) is 14.5. The first-order valence-corrected chi connectivity index (χ1v) is 7.70. The first-order chi connectivity index (χ1) is 10.3. The van der Waals surface area contributed by atoms with Gasteiger partial charge in [0.25, 0.3) is 0 Å². The fourth-order valence-corrected chi connectivity index (χ4v) is 2.70. The van der Waals surface area contributed by atoms with E-state index in [-0.39, 0.29) is 0 Å². The van der Waals surface area contributed by atoms with Gasteiger partial charge in [-0.15, -0.1) is 0 Å². The molecule has 0 aliphatic carbocycles. The van der Waals surface area contributed by atoms with E-state index in [0.29, 0.717) is 0 Å². The van der Waals surface area contributed by atoms with E-state index in [1.165, 1.54) is 18.4 Å². The summed E-state index contributed by atoms with van der Waals surface area (Å²) in [5.41, 5.74) is 2.35. The van der Waals surface area contributed by atoms with Gasteiger partial charge in [-0.05, 0) is 31.7 Å². The Morgan fingerprint density at radius 3 is 2.62 bits per heavy atom.